The Morgan fingerprint density at radius 1 is 0.848 bits per heavy atom. The zero-order chi connectivity index (χ0) is 25.0. The van der Waals surface area contributed by atoms with E-state index in [2.05, 4.69) is 9.41 Å². The van der Waals surface area contributed by atoms with Gasteiger partial charge in [0.1, 0.15) is 16.9 Å². The summed E-state index contributed by atoms with van der Waals surface area (Å²) in [5, 5.41) is 41.3. The molecule has 0 bridgehead atoms. The van der Waals surface area contributed by atoms with Crippen LogP contribution in [-0.4, -0.2) is 55.7 Å². The lowest BCUT2D eigenvalue weighted by molar-refractivity contribution is -0.147. The average Bonchev–Trinajstić information content (AvgIpc) is 2.66. The molecular weight excluding hydrogens is 446 g/mol. The number of carboxylic acids is 2. The summed E-state index contributed by atoms with van der Waals surface area (Å²) in [5.41, 5.74) is -3.34. The molecule has 0 spiro atoms. The summed E-state index contributed by atoms with van der Waals surface area (Å²) >= 11 is 0. The first-order chi connectivity index (χ1) is 15.3. The van der Waals surface area contributed by atoms with E-state index in [0.717, 1.165) is 25.1 Å². The summed E-state index contributed by atoms with van der Waals surface area (Å²) in [6.07, 6.45) is 0. The van der Waals surface area contributed by atoms with Crippen molar-refractivity contribution in [2.24, 2.45) is 4.99 Å². The summed E-state index contributed by atoms with van der Waals surface area (Å²) < 4.78 is 4.54. The second-order valence-corrected chi connectivity index (χ2v) is 6.33. The number of ketones is 1. The van der Waals surface area contributed by atoms with E-state index >= 15 is 0 Å². The van der Waals surface area contributed by atoms with E-state index in [1.54, 1.807) is 0 Å². The molecule has 0 fully saturated rings. The van der Waals surface area contributed by atoms with Gasteiger partial charge in [0, 0.05) is 11.4 Å². The number of aromatic hydroxyl groups is 2. The van der Waals surface area contributed by atoms with Crippen molar-refractivity contribution in [3.05, 3.63) is 39.7 Å². The lowest BCUT2D eigenvalue weighted by atomic mass is 10.1. The monoisotopic (exact) mass is 461 g/mol. The molecule has 0 aliphatic heterocycles. The van der Waals surface area contributed by atoms with E-state index < -0.39 is 58.0 Å². The molecule has 0 saturated carbocycles. The first-order valence-electron chi connectivity index (χ1n) is 8.71. The Morgan fingerprint density at radius 2 is 1.33 bits per heavy atom. The standard InChI is InChI=1S/C19H15N3O11/c1-6(11-13(24)12(7(2)23)19(32)33-18(11)31)20-8-3-9(21-14(25)16(27)28)5-10(4-8)22-15(26)17(29)30/h3-5,24,32H,1-2H3,(H,21,25)(H,22,26)(H,27,28)(H,29,30). The zero-order valence-electron chi connectivity index (χ0n) is 16.8. The van der Waals surface area contributed by atoms with Gasteiger partial charge in [0.15, 0.2) is 5.78 Å². The number of amides is 2. The number of hydrogen-bond acceptors (Lipinski definition) is 10. The average molecular weight is 461 g/mol. The molecule has 0 aliphatic carbocycles. The summed E-state index contributed by atoms with van der Waals surface area (Å²) in [6, 6.07) is 3.24. The Balaban J connectivity index is 2.64. The molecule has 14 heteroatoms. The number of benzene rings is 1. The first-order valence-corrected chi connectivity index (χ1v) is 8.71. The van der Waals surface area contributed by atoms with E-state index in [1.165, 1.54) is 6.92 Å². The highest BCUT2D eigenvalue weighted by Gasteiger charge is 2.24. The lowest BCUT2D eigenvalue weighted by Gasteiger charge is -2.10. The normalized spacial score (nSPS) is 10.9. The highest BCUT2D eigenvalue weighted by molar-refractivity contribution is 6.37. The van der Waals surface area contributed by atoms with Crippen molar-refractivity contribution in [3.63, 3.8) is 0 Å². The molecule has 0 aliphatic rings. The number of aliphatic carboxylic acids is 2. The summed E-state index contributed by atoms with van der Waals surface area (Å²) in [6.45, 7) is 2.21. The van der Waals surface area contributed by atoms with Gasteiger partial charge in [-0.1, -0.05) is 0 Å². The number of carbonyl (C=O) groups excluding carboxylic acids is 3. The van der Waals surface area contributed by atoms with Gasteiger partial charge >= 0.3 is 29.4 Å². The molecule has 1 heterocycles. The number of carboxylic acid groups (broad SMARTS) is 2. The minimum Gasteiger partial charge on any atom is -0.506 e. The van der Waals surface area contributed by atoms with Crippen molar-refractivity contribution in [1.82, 2.24) is 0 Å². The van der Waals surface area contributed by atoms with Gasteiger partial charge in [-0.05, 0) is 32.0 Å². The summed E-state index contributed by atoms with van der Waals surface area (Å²) in [4.78, 5) is 72.3. The number of nitrogens with one attached hydrogen (secondary N) is 2. The number of carbonyl (C=O) groups is 5. The number of hydrogen-bond donors (Lipinski definition) is 6. The van der Waals surface area contributed by atoms with Gasteiger partial charge in [0.25, 0.3) is 5.95 Å². The molecule has 1 aromatic carbocycles. The van der Waals surface area contributed by atoms with Crippen molar-refractivity contribution in [1.29, 1.82) is 0 Å². The Bertz CT molecular complexity index is 1240. The van der Waals surface area contributed by atoms with Gasteiger partial charge in [-0.25, -0.2) is 14.4 Å². The van der Waals surface area contributed by atoms with E-state index in [0.29, 0.717) is 0 Å². The van der Waals surface area contributed by atoms with Crippen molar-refractivity contribution in [2.45, 2.75) is 13.8 Å². The number of rotatable bonds is 5. The van der Waals surface area contributed by atoms with Gasteiger partial charge in [-0.3, -0.25) is 19.4 Å². The molecule has 0 atom stereocenters. The predicted octanol–water partition coefficient (Wildman–Crippen LogP) is 0.440. The van der Waals surface area contributed by atoms with Crippen LogP contribution in [0.4, 0.5) is 17.1 Å². The maximum atomic E-state index is 12.1. The first kappa shape index (κ1) is 24.3. The van der Waals surface area contributed by atoms with Crippen LogP contribution in [0.15, 0.2) is 32.4 Å². The number of Topliss-reactive ketones (excluding diaryl/α,β-unsaturated/α-hetero) is 1. The smallest absolute Gasteiger partial charge is 0.394 e. The fourth-order valence-electron chi connectivity index (χ4n) is 2.59. The highest BCUT2D eigenvalue weighted by atomic mass is 16.5. The Labute approximate surface area is 182 Å². The van der Waals surface area contributed by atoms with Crippen molar-refractivity contribution in [2.75, 3.05) is 10.6 Å². The topological polar surface area (TPSA) is 233 Å². The molecule has 0 unspecified atom stereocenters. The minimum absolute atomic E-state index is 0.146. The van der Waals surface area contributed by atoms with Crippen molar-refractivity contribution in [3.8, 4) is 11.7 Å². The molecule has 1 aromatic heterocycles. The van der Waals surface area contributed by atoms with Crippen LogP contribution in [0.3, 0.4) is 0 Å². The van der Waals surface area contributed by atoms with Gasteiger partial charge in [-0.2, -0.15) is 0 Å². The largest absolute Gasteiger partial charge is 0.506 e. The highest BCUT2D eigenvalue weighted by Crippen LogP contribution is 2.30. The minimum atomic E-state index is -1.83. The fourth-order valence-corrected chi connectivity index (χ4v) is 2.59. The maximum Gasteiger partial charge on any atom is 0.394 e. The molecule has 6 N–H and O–H groups in total. The molecule has 2 rings (SSSR count). The van der Waals surface area contributed by atoms with Crippen LogP contribution < -0.4 is 16.3 Å². The maximum absolute atomic E-state index is 12.1. The van der Waals surface area contributed by atoms with Crippen LogP contribution in [0.1, 0.15) is 29.8 Å². The second-order valence-electron chi connectivity index (χ2n) is 6.33. The van der Waals surface area contributed by atoms with Crippen molar-refractivity contribution >= 4 is 52.3 Å². The number of aliphatic imine (C=N–C) groups is 1. The van der Waals surface area contributed by atoms with Gasteiger partial charge < -0.3 is 35.5 Å². The summed E-state index contributed by atoms with van der Waals surface area (Å²) in [5.74, 6) is -9.40. The Hall–Kier alpha value is -5.01. The van der Waals surface area contributed by atoms with Gasteiger partial charge in [0.05, 0.1) is 11.4 Å². The summed E-state index contributed by atoms with van der Waals surface area (Å²) in [7, 11) is 0. The molecule has 0 radical (unpaired) electrons. The molecule has 0 saturated heterocycles. The molecule has 14 nitrogen and oxygen atoms in total. The van der Waals surface area contributed by atoms with Crippen molar-refractivity contribution < 1.29 is 48.8 Å². The van der Waals surface area contributed by atoms with Crippen LogP contribution in [0.25, 0.3) is 0 Å². The third-order valence-corrected chi connectivity index (χ3v) is 3.91. The molecular formula is C19H15N3O11. The molecule has 2 aromatic rings. The SMILES string of the molecule is CC(=O)c1c(O)oc(=O)c(C(C)=Nc2cc(NC(=O)C(=O)O)cc(NC(=O)C(=O)O)c2)c1O. The Morgan fingerprint density at radius 3 is 1.76 bits per heavy atom. The zero-order valence-corrected chi connectivity index (χ0v) is 16.8. The fraction of sp³-hybridized carbons (Fsp3) is 0.105. The third-order valence-electron chi connectivity index (χ3n) is 3.91. The van der Waals surface area contributed by atoms with Gasteiger partial charge in [-0.15, -0.1) is 0 Å². The van der Waals surface area contributed by atoms with E-state index in [-0.39, 0.29) is 22.8 Å². The third kappa shape index (κ3) is 5.57. The Kier molecular flexibility index (Phi) is 6.93. The van der Waals surface area contributed by atoms with Crippen LogP contribution in [0.5, 0.6) is 11.7 Å². The molecule has 172 valence electrons. The van der Waals surface area contributed by atoms with Crippen LogP contribution in [-0.2, 0) is 19.2 Å². The van der Waals surface area contributed by atoms with E-state index in [9.17, 15) is 39.0 Å². The molecule has 2 amide bonds. The lowest BCUT2D eigenvalue weighted by Crippen LogP contribution is -2.23. The van der Waals surface area contributed by atoms with E-state index in [4.69, 9.17) is 10.2 Å². The quantitative estimate of drug-likeness (QED) is 0.203. The number of anilines is 2. The number of nitrogens with zero attached hydrogens (tertiary/aromatic N) is 1. The van der Waals surface area contributed by atoms with Crippen LogP contribution in [0, 0.1) is 0 Å². The second kappa shape index (κ2) is 9.42. The van der Waals surface area contributed by atoms with E-state index in [1.807, 2.05) is 10.6 Å². The molecule has 33 heavy (non-hydrogen) atoms. The predicted molar refractivity (Wildman–Crippen MR) is 109 cm³/mol. The van der Waals surface area contributed by atoms with Crippen LogP contribution >= 0.6 is 0 Å². The van der Waals surface area contributed by atoms with Gasteiger partial charge in [0.2, 0.25) is 0 Å². The van der Waals surface area contributed by atoms with Crippen LogP contribution in [0.2, 0.25) is 0 Å².